The third-order valence-electron chi connectivity index (χ3n) is 4.19. The van der Waals surface area contributed by atoms with Crippen molar-refractivity contribution in [2.45, 2.75) is 0 Å². The van der Waals surface area contributed by atoms with Crippen molar-refractivity contribution in [1.29, 1.82) is 0 Å². The molecule has 0 fully saturated rings. The Hall–Kier alpha value is -3.93. The number of benzene rings is 3. The van der Waals surface area contributed by atoms with Crippen molar-refractivity contribution in [1.82, 2.24) is 9.66 Å². The van der Waals surface area contributed by atoms with Gasteiger partial charge in [0, 0.05) is 23.3 Å². The predicted octanol–water partition coefficient (Wildman–Crippen LogP) is 5.00. The molecule has 1 heterocycles. The summed E-state index contributed by atoms with van der Waals surface area (Å²) < 4.78 is 1.83. The fourth-order valence-electron chi connectivity index (χ4n) is 2.91. The number of hydrogen-bond donors (Lipinski definition) is 1. The molecule has 3 aromatic carbocycles. The second-order valence-electron chi connectivity index (χ2n) is 5.96. The van der Waals surface area contributed by atoms with Crippen molar-refractivity contribution in [3.8, 4) is 22.5 Å². The fourth-order valence-corrected chi connectivity index (χ4v) is 2.91. The Morgan fingerprint density at radius 2 is 1.41 bits per heavy atom. The van der Waals surface area contributed by atoms with E-state index in [1.54, 1.807) is 18.5 Å². The summed E-state index contributed by atoms with van der Waals surface area (Å²) in [5, 5.41) is 10.8. The minimum Gasteiger partial charge on any atom is -0.293 e. The maximum absolute atomic E-state index is 10.8. The Kier molecular flexibility index (Phi) is 4.37. The van der Waals surface area contributed by atoms with E-state index in [4.69, 9.17) is 0 Å². The first-order chi connectivity index (χ1) is 13.2. The van der Waals surface area contributed by atoms with Crippen LogP contribution in [0.25, 0.3) is 22.5 Å². The topological polar surface area (TPSA) is 73.0 Å². The summed E-state index contributed by atoms with van der Waals surface area (Å²) in [6.45, 7) is 0. The van der Waals surface area contributed by atoms with Gasteiger partial charge in [-0.1, -0.05) is 60.7 Å². The van der Waals surface area contributed by atoms with Gasteiger partial charge in [0.1, 0.15) is 6.33 Å². The largest absolute Gasteiger partial charge is 0.293 e. The second-order valence-corrected chi connectivity index (χ2v) is 5.96. The Bertz CT molecular complexity index is 1060. The van der Waals surface area contributed by atoms with Gasteiger partial charge in [0.2, 0.25) is 0 Å². The summed E-state index contributed by atoms with van der Waals surface area (Å²) in [6, 6.07) is 26.2. The number of hydrogen-bond acceptors (Lipinski definition) is 4. The normalized spacial score (nSPS) is 10.5. The smallest absolute Gasteiger partial charge is 0.269 e. The van der Waals surface area contributed by atoms with E-state index < -0.39 is 4.92 Å². The number of nitro benzene ring substituents is 1. The molecule has 6 nitrogen and oxygen atoms in total. The molecule has 0 unspecified atom stereocenters. The van der Waals surface area contributed by atoms with Gasteiger partial charge in [-0.15, -0.1) is 0 Å². The minimum atomic E-state index is -0.413. The van der Waals surface area contributed by atoms with Crippen LogP contribution in [0.4, 0.5) is 11.4 Å². The van der Waals surface area contributed by atoms with E-state index >= 15 is 0 Å². The van der Waals surface area contributed by atoms with Crippen LogP contribution in [0.1, 0.15) is 0 Å². The van der Waals surface area contributed by atoms with E-state index in [1.807, 2.05) is 65.3 Å². The predicted molar refractivity (Wildman–Crippen MR) is 105 cm³/mol. The quantitative estimate of drug-likeness (QED) is 0.403. The Labute approximate surface area is 155 Å². The highest BCUT2D eigenvalue weighted by Crippen LogP contribution is 2.31. The number of imidazole rings is 1. The van der Waals surface area contributed by atoms with E-state index in [-0.39, 0.29) is 5.69 Å². The molecule has 4 aromatic rings. The summed E-state index contributed by atoms with van der Waals surface area (Å²) in [5.41, 5.74) is 7.85. The molecular formula is C21H16N4O2. The summed E-state index contributed by atoms with van der Waals surface area (Å²) in [5.74, 6) is 0. The number of non-ortho nitro benzene ring substituents is 1. The van der Waals surface area contributed by atoms with Crippen LogP contribution >= 0.6 is 0 Å². The van der Waals surface area contributed by atoms with Crippen LogP contribution in [0.5, 0.6) is 0 Å². The van der Waals surface area contributed by atoms with Gasteiger partial charge >= 0.3 is 0 Å². The molecule has 0 radical (unpaired) electrons. The Balaban J connectivity index is 1.77. The second kappa shape index (κ2) is 7.13. The van der Waals surface area contributed by atoms with Gasteiger partial charge in [-0.05, 0) is 12.1 Å². The number of anilines is 1. The third kappa shape index (κ3) is 3.41. The van der Waals surface area contributed by atoms with E-state index in [2.05, 4.69) is 10.4 Å². The lowest BCUT2D eigenvalue weighted by atomic mass is 10.1. The van der Waals surface area contributed by atoms with Crippen LogP contribution in [0.15, 0.2) is 91.3 Å². The van der Waals surface area contributed by atoms with E-state index in [9.17, 15) is 10.1 Å². The molecule has 0 spiro atoms. The standard InChI is InChI=1S/C21H16N4O2/c26-25(27)19-13-11-18(12-14-19)23-24-15-22-20(16-7-3-1-4-8-16)21(24)17-9-5-2-6-10-17/h1-15,23H. The van der Waals surface area contributed by atoms with Gasteiger partial charge in [0.15, 0.2) is 0 Å². The molecular weight excluding hydrogens is 340 g/mol. The molecule has 0 atom stereocenters. The van der Waals surface area contributed by atoms with Crippen LogP contribution in [0.3, 0.4) is 0 Å². The van der Waals surface area contributed by atoms with Crippen molar-refractivity contribution in [2.75, 3.05) is 5.43 Å². The summed E-state index contributed by atoms with van der Waals surface area (Å²) in [7, 11) is 0. The molecule has 0 aliphatic rings. The van der Waals surface area contributed by atoms with Crippen molar-refractivity contribution < 1.29 is 4.92 Å². The average Bonchev–Trinajstić information content (AvgIpc) is 3.13. The minimum absolute atomic E-state index is 0.0550. The number of nitro groups is 1. The zero-order valence-electron chi connectivity index (χ0n) is 14.3. The van der Waals surface area contributed by atoms with Crippen molar-refractivity contribution in [3.63, 3.8) is 0 Å². The maximum Gasteiger partial charge on any atom is 0.269 e. The molecule has 4 rings (SSSR count). The van der Waals surface area contributed by atoms with E-state index in [1.165, 1.54) is 12.1 Å². The van der Waals surface area contributed by atoms with Crippen LogP contribution in [-0.4, -0.2) is 14.6 Å². The Morgan fingerprint density at radius 3 is 2.00 bits per heavy atom. The average molecular weight is 356 g/mol. The SMILES string of the molecule is O=[N+]([O-])c1ccc(Nn2cnc(-c3ccccc3)c2-c2ccccc2)cc1. The highest BCUT2D eigenvalue weighted by atomic mass is 16.6. The van der Waals surface area contributed by atoms with Crippen LogP contribution in [0, 0.1) is 10.1 Å². The first kappa shape index (κ1) is 16.5. The molecule has 0 amide bonds. The van der Waals surface area contributed by atoms with Crippen LogP contribution < -0.4 is 5.43 Å². The van der Waals surface area contributed by atoms with Gasteiger partial charge in [-0.2, -0.15) is 0 Å². The highest BCUT2D eigenvalue weighted by Gasteiger charge is 2.15. The molecule has 0 saturated carbocycles. The molecule has 27 heavy (non-hydrogen) atoms. The van der Waals surface area contributed by atoms with Gasteiger partial charge in [-0.3, -0.25) is 15.5 Å². The number of nitrogens with one attached hydrogen (secondary N) is 1. The first-order valence-electron chi connectivity index (χ1n) is 8.42. The molecule has 0 aliphatic carbocycles. The Morgan fingerprint density at radius 1 is 0.815 bits per heavy atom. The molecule has 6 heteroatoms. The summed E-state index contributed by atoms with van der Waals surface area (Å²) in [6.07, 6.45) is 1.71. The highest BCUT2D eigenvalue weighted by molar-refractivity contribution is 5.79. The zero-order chi connectivity index (χ0) is 18.6. The summed E-state index contributed by atoms with van der Waals surface area (Å²) in [4.78, 5) is 15.0. The van der Waals surface area contributed by atoms with Crippen molar-refractivity contribution in [2.24, 2.45) is 0 Å². The zero-order valence-corrected chi connectivity index (χ0v) is 14.3. The van der Waals surface area contributed by atoms with Crippen molar-refractivity contribution >= 4 is 11.4 Å². The lowest BCUT2D eigenvalue weighted by Gasteiger charge is -2.13. The van der Waals surface area contributed by atoms with Crippen LogP contribution in [-0.2, 0) is 0 Å². The third-order valence-corrected chi connectivity index (χ3v) is 4.19. The van der Waals surface area contributed by atoms with Gasteiger partial charge in [-0.25, -0.2) is 9.66 Å². The van der Waals surface area contributed by atoms with Crippen molar-refractivity contribution in [3.05, 3.63) is 101 Å². The lowest BCUT2D eigenvalue weighted by Crippen LogP contribution is -2.09. The van der Waals surface area contributed by atoms with Gasteiger partial charge in [0.05, 0.1) is 22.0 Å². The number of nitrogens with zero attached hydrogens (tertiary/aromatic N) is 3. The molecule has 1 aromatic heterocycles. The lowest BCUT2D eigenvalue weighted by molar-refractivity contribution is -0.384. The van der Waals surface area contributed by atoms with Crippen LogP contribution in [0.2, 0.25) is 0 Å². The number of aromatic nitrogens is 2. The van der Waals surface area contributed by atoms with E-state index in [0.29, 0.717) is 0 Å². The molecule has 0 aliphatic heterocycles. The monoisotopic (exact) mass is 356 g/mol. The van der Waals surface area contributed by atoms with Gasteiger partial charge in [0.25, 0.3) is 5.69 Å². The molecule has 1 N–H and O–H groups in total. The van der Waals surface area contributed by atoms with E-state index in [0.717, 1.165) is 28.2 Å². The molecule has 0 bridgehead atoms. The maximum atomic E-state index is 10.8. The summed E-state index contributed by atoms with van der Waals surface area (Å²) >= 11 is 0. The number of rotatable bonds is 5. The van der Waals surface area contributed by atoms with Gasteiger partial charge < -0.3 is 0 Å². The first-order valence-corrected chi connectivity index (χ1v) is 8.42. The molecule has 0 saturated heterocycles. The molecule has 132 valence electrons. The fraction of sp³-hybridized carbons (Fsp3) is 0.